The fraction of sp³-hybridized carbons (Fsp3) is 0.188. The highest BCUT2D eigenvalue weighted by Crippen LogP contribution is 2.29. The maximum absolute atomic E-state index is 11.4. The van der Waals surface area contributed by atoms with Crippen molar-refractivity contribution in [3.8, 4) is 11.5 Å². The van der Waals surface area contributed by atoms with Crippen molar-refractivity contribution in [1.82, 2.24) is 4.98 Å². The molecule has 0 amide bonds. The monoisotopic (exact) mass is 332 g/mol. The minimum absolute atomic E-state index is 0.171. The number of oxazole rings is 1. The molecule has 0 unspecified atom stereocenters. The van der Waals surface area contributed by atoms with Gasteiger partial charge in [0.2, 0.25) is 5.89 Å². The lowest BCUT2D eigenvalue weighted by molar-refractivity contribution is 0.482. The van der Waals surface area contributed by atoms with Gasteiger partial charge in [0.1, 0.15) is 10.4 Å². The van der Waals surface area contributed by atoms with Gasteiger partial charge < -0.3 is 9.32 Å². The van der Waals surface area contributed by atoms with E-state index in [1.807, 2.05) is 43.3 Å². The van der Waals surface area contributed by atoms with E-state index in [1.165, 1.54) is 6.07 Å². The molecule has 0 aliphatic heterocycles. The fourth-order valence-corrected chi connectivity index (χ4v) is 3.08. The maximum Gasteiger partial charge on any atom is 0.294 e. The molecule has 0 aliphatic carbocycles. The highest BCUT2D eigenvalue weighted by Gasteiger charge is 2.17. The third-order valence-corrected chi connectivity index (χ3v) is 4.59. The Morgan fingerprint density at radius 1 is 1.13 bits per heavy atom. The van der Waals surface area contributed by atoms with Gasteiger partial charge in [-0.05, 0) is 42.8 Å². The smallest absolute Gasteiger partial charge is 0.294 e. The third kappa shape index (κ3) is 2.93. The van der Waals surface area contributed by atoms with Crippen LogP contribution in [0, 0.1) is 6.92 Å². The summed E-state index contributed by atoms with van der Waals surface area (Å²) in [7, 11) is -0.384. The van der Waals surface area contributed by atoms with Crippen molar-refractivity contribution >= 4 is 26.9 Å². The van der Waals surface area contributed by atoms with Gasteiger partial charge in [-0.3, -0.25) is 4.55 Å². The van der Waals surface area contributed by atoms with Crippen molar-refractivity contribution in [3.05, 3.63) is 42.0 Å². The van der Waals surface area contributed by atoms with Crippen molar-refractivity contribution in [1.29, 1.82) is 0 Å². The largest absolute Gasteiger partial charge is 0.436 e. The number of fused-ring (bicyclic) bond motifs is 1. The Hall–Kier alpha value is -2.38. The molecule has 0 atom stereocenters. The zero-order valence-electron chi connectivity index (χ0n) is 12.9. The molecule has 120 valence electrons. The molecule has 1 N–H and O–H groups in total. The molecule has 0 spiro atoms. The van der Waals surface area contributed by atoms with Gasteiger partial charge in [-0.2, -0.15) is 8.42 Å². The number of hydrogen-bond donors (Lipinski definition) is 1. The Balaban J connectivity index is 2.10. The van der Waals surface area contributed by atoms with Crippen molar-refractivity contribution in [2.45, 2.75) is 11.8 Å². The Morgan fingerprint density at radius 2 is 1.78 bits per heavy atom. The Labute approximate surface area is 134 Å². The average Bonchev–Trinajstić information content (AvgIpc) is 2.88. The first-order valence-corrected chi connectivity index (χ1v) is 8.36. The number of hydrogen-bond acceptors (Lipinski definition) is 5. The predicted octanol–water partition coefficient (Wildman–Crippen LogP) is 3.12. The van der Waals surface area contributed by atoms with Crippen LogP contribution in [0.2, 0.25) is 0 Å². The van der Waals surface area contributed by atoms with E-state index in [-0.39, 0.29) is 4.90 Å². The minimum Gasteiger partial charge on any atom is -0.436 e. The zero-order chi connectivity index (χ0) is 16.8. The van der Waals surface area contributed by atoms with Crippen LogP contribution in [0.4, 0.5) is 5.69 Å². The Kier molecular flexibility index (Phi) is 3.62. The Morgan fingerprint density at radius 3 is 2.35 bits per heavy atom. The SMILES string of the molecule is Cc1cc2nc(-c3ccc(N(C)C)cc3)oc2cc1S(=O)(=O)O. The van der Waals surface area contributed by atoms with Gasteiger partial charge in [-0.15, -0.1) is 0 Å². The van der Waals surface area contributed by atoms with Crippen LogP contribution in [0.3, 0.4) is 0 Å². The lowest BCUT2D eigenvalue weighted by Gasteiger charge is -2.11. The molecule has 0 aliphatic rings. The highest BCUT2D eigenvalue weighted by atomic mass is 32.2. The average molecular weight is 332 g/mol. The quantitative estimate of drug-likeness (QED) is 0.742. The van der Waals surface area contributed by atoms with E-state index in [2.05, 4.69) is 4.98 Å². The molecule has 3 aromatic rings. The van der Waals surface area contributed by atoms with Crippen molar-refractivity contribution in [2.75, 3.05) is 19.0 Å². The number of aromatic nitrogens is 1. The zero-order valence-corrected chi connectivity index (χ0v) is 13.8. The molecule has 0 radical (unpaired) electrons. The molecule has 1 heterocycles. The number of rotatable bonds is 3. The van der Waals surface area contributed by atoms with Crippen molar-refractivity contribution in [2.24, 2.45) is 0 Å². The Bertz CT molecular complexity index is 973. The predicted molar refractivity (Wildman–Crippen MR) is 88.3 cm³/mol. The molecule has 0 saturated heterocycles. The van der Waals surface area contributed by atoms with Gasteiger partial charge in [0.15, 0.2) is 5.58 Å². The lowest BCUT2D eigenvalue weighted by Crippen LogP contribution is -2.07. The molecule has 2 aromatic carbocycles. The summed E-state index contributed by atoms with van der Waals surface area (Å²) in [5.74, 6) is 0.400. The van der Waals surface area contributed by atoms with Crippen LogP contribution >= 0.6 is 0 Å². The van der Waals surface area contributed by atoms with E-state index < -0.39 is 10.1 Å². The van der Waals surface area contributed by atoms with Crippen molar-refractivity contribution < 1.29 is 17.4 Å². The number of anilines is 1. The molecule has 6 nitrogen and oxygen atoms in total. The van der Waals surface area contributed by atoms with Crippen LogP contribution in [0.1, 0.15) is 5.56 Å². The first kappa shape index (κ1) is 15.5. The van der Waals surface area contributed by atoms with Gasteiger partial charge in [0.25, 0.3) is 10.1 Å². The summed E-state index contributed by atoms with van der Waals surface area (Å²) in [6.07, 6.45) is 0. The standard InChI is InChI=1S/C16H16N2O4S/c1-10-8-13-14(9-15(10)23(19,20)21)22-16(17-13)11-4-6-12(7-5-11)18(2)3/h4-9H,1-3H3,(H,19,20,21). The first-order chi connectivity index (χ1) is 10.8. The first-order valence-electron chi connectivity index (χ1n) is 6.92. The summed E-state index contributed by atoms with van der Waals surface area (Å²) in [5, 5.41) is 0. The summed E-state index contributed by atoms with van der Waals surface area (Å²) in [5.41, 5.74) is 3.12. The van der Waals surface area contributed by atoms with Gasteiger partial charge in [0.05, 0.1) is 0 Å². The number of nitrogens with zero attached hydrogens (tertiary/aromatic N) is 2. The normalized spacial score (nSPS) is 11.8. The van der Waals surface area contributed by atoms with Crippen LogP contribution in [-0.4, -0.2) is 32.0 Å². The van der Waals surface area contributed by atoms with E-state index in [1.54, 1.807) is 13.0 Å². The number of benzene rings is 2. The van der Waals surface area contributed by atoms with E-state index in [4.69, 9.17) is 4.42 Å². The summed E-state index contributed by atoms with van der Waals surface area (Å²) in [4.78, 5) is 6.20. The fourth-order valence-electron chi connectivity index (χ4n) is 2.36. The second-order valence-electron chi connectivity index (χ2n) is 5.52. The van der Waals surface area contributed by atoms with Crippen LogP contribution < -0.4 is 4.90 Å². The highest BCUT2D eigenvalue weighted by molar-refractivity contribution is 7.85. The van der Waals surface area contributed by atoms with E-state index >= 15 is 0 Å². The molecule has 1 aromatic heterocycles. The maximum atomic E-state index is 11.4. The van der Waals surface area contributed by atoms with Crippen LogP contribution in [0.15, 0.2) is 45.7 Å². The van der Waals surface area contributed by atoms with E-state index in [9.17, 15) is 13.0 Å². The number of aryl methyl sites for hydroxylation is 1. The topological polar surface area (TPSA) is 83.6 Å². The molecule has 0 bridgehead atoms. The molecule has 23 heavy (non-hydrogen) atoms. The van der Waals surface area contributed by atoms with Gasteiger partial charge in [-0.1, -0.05) is 0 Å². The van der Waals surface area contributed by atoms with E-state index in [0.717, 1.165) is 11.3 Å². The molecule has 7 heteroatoms. The summed E-state index contributed by atoms with van der Waals surface area (Å²) < 4.78 is 37.6. The molecule has 0 fully saturated rings. The second kappa shape index (κ2) is 5.36. The summed E-state index contributed by atoms with van der Waals surface area (Å²) in [6, 6.07) is 10.5. The molecule has 3 rings (SSSR count). The summed E-state index contributed by atoms with van der Waals surface area (Å²) >= 11 is 0. The van der Waals surface area contributed by atoms with Crippen LogP contribution in [-0.2, 0) is 10.1 Å². The lowest BCUT2D eigenvalue weighted by atomic mass is 10.2. The molecular formula is C16H16N2O4S. The third-order valence-electron chi connectivity index (χ3n) is 3.59. The molecule has 0 saturated carbocycles. The second-order valence-corrected chi connectivity index (χ2v) is 6.91. The summed E-state index contributed by atoms with van der Waals surface area (Å²) in [6.45, 7) is 1.60. The van der Waals surface area contributed by atoms with Gasteiger partial charge in [0, 0.05) is 31.4 Å². The van der Waals surface area contributed by atoms with E-state index in [0.29, 0.717) is 22.6 Å². The van der Waals surface area contributed by atoms with Crippen molar-refractivity contribution in [3.63, 3.8) is 0 Å². The van der Waals surface area contributed by atoms with Crippen LogP contribution in [0.5, 0.6) is 0 Å². The van der Waals surface area contributed by atoms with Crippen LogP contribution in [0.25, 0.3) is 22.6 Å². The minimum atomic E-state index is -4.29. The van der Waals surface area contributed by atoms with Gasteiger partial charge in [-0.25, -0.2) is 4.98 Å². The molecular weight excluding hydrogens is 316 g/mol. The van der Waals surface area contributed by atoms with Gasteiger partial charge >= 0.3 is 0 Å².